The number of benzene rings is 2. The van der Waals surface area contributed by atoms with E-state index in [0.29, 0.717) is 11.3 Å². The van der Waals surface area contributed by atoms with Crippen molar-refractivity contribution in [2.45, 2.75) is 13.0 Å². The van der Waals surface area contributed by atoms with Crippen LogP contribution in [0.2, 0.25) is 0 Å². The normalized spacial score (nSPS) is 11.3. The molecule has 0 radical (unpaired) electrons. The van der Waals surface area contributed by atoms with Gasteiger partial charge in [-0.3, -0.25) is 4.79 Å². The van der Waals surface area contributed by atoms with Crippen molar-refractivity contribution >= 4 is 34.2 Å². The van der Waals surface area contributed by atoms with Gasteiger partial charge in [0.05, 0.1) is 11.6 Å². The number of carbonyl (C=O) groups is 1. The summed E-state index contributed by atoms with van der Waals surface area (Å²) in [7, 11) is 0. The second-order valence-electron chi connectivity index (χ2n) is 4.39. The molecule has 0 aliphatic rings. The monoisotopic (exact) mass is 392 g/mol. The minimum Gasteiger partial charge on any atom is -0.481 e. The van der Waals surface area contributed by atoms with E-state index >= 15 is 0 Å². The minimum absolute atomic E-state index is 0.222. The lowest BCUT2D eigenvalue weighted by Crippen LogP contribution is -2.30. The van der Waals surface area contributed by atoms with Gasteiger partial charge in [-0.05, 0) is 78.0 Å². The van der Waals surface area contributed by atoms with Crippen molar-refractivity contribution in [3.8, 4) is 11.8 Å². The third kappa shape index (κ3) is 4.46. The maximum atomic E-state index is 12.0. The SMILES string of the molecule is CC(Oc1ccc(C#N)cc1)C(=O)Nc1ccc(I)cc1. The number of nitrogens with one attached hydrogen (secondary N) is 1. The van der Waals surface area contributed by atoms with Gasteiger partial charge in [-0.25, -0.2) is 0 Å². The molecule has 0 aliphatic heterocycles. The predicted octanol–water partition coefficient (Wildman–Crippen LogP) is 3.57. The zero-order valence-corrected chi connectivity index (χ0v) is 13.5. The number of ether oxygens (including phenoxy) is 1. The molecule has 1 amide bonds. The first-order valence-corrected chi connectivity index (χ1v) is 7.39. The molecule has 0 saturated heterocycles. The number of nitrogens with zero attached hydrogens (tertiary/aromatic N) is 1. The maximum absolute atomic E-state index is 12.0. The molecule has 4 nitrogen and oxygen atoms in total. The number of halogens is 1. The molecule has 0 spiro atoms. The van der Waals surface area contributed by atoms with E-state index in [4.69, 9.17) is 10.00 Å². The Morgan fingerprint density at radius 2 is 1.81 bits per heavy atom. The first kappa shape index (κ1) is 15.3. The molecule has 2 aromatic carbocycles. The predicted molar refractivity (Wildman–Crippen MR) is 89.0 cm³/mol. The summed E-state index contributed by atoms with van der Waals surface area (Å²) in [5.74, 6) is 0.333. The van der Waals surface area contributed by atoms with E-state index in [1.54, 1.807) is 31.2 Å². The molecule has 21 heavy (non-hydrogen) atoms. The summed E-state index contributed by atoms with van der Waals surface area (Å²) in [5.41, 5.74) is 1.29. The number of rotatable bonds is 4. The fourth-order valence-electron chi connectivity index (χ4n) is 1.64. The molecule has 0 fully saturated rings. The lowest BCUT2D eigenvalue weighted by molar-refractivity contribution is -0.122. The molecule has 1 unspecified atom stereocenters. The van der Waals surface area contributed by atoms with Gasteiger partial charge in [0.2, 0.25) is 0 Å². The van der Waals surface area contributed by atoms with Crippen LogP contribution in [0.1, 0.15) is 12.5 Å². The van der Waals surface area contributed by atoms with Crippen LogP contribution in [0.25, 0.3) is 0 Å². The molecule has 2 aromatic rings. The smallest absolute Gasteiger partial charge is 0.265 e. The number of hydrogen-bond acceptors (Lipinski definition) is 3. The summed E-state index contributed by atoms with van der Waals surface area (Å²) in [6, 6.07) is 16.2. The van der Waals surface area contributed by atoms with Crippen molar-refractivity contribution in [2.24, 2.45) is 0 Å². The topological polar surface area (TPSA) is 62.1 Å². The van der Waals surface area contributed by atoms with Crippen molar-refractivity contribution in [1.29, 1.82) is 5.26 Å². The standard InChI is InChI=1S/C16H13IN2O2/c1-11(21-15-8-2-12(10-18)3-9-15)16(20)19-14-6-4-13(17)5-7-14/h2-9,11H,1H3,(H,19,20). The molecule has 0 saturated carbocycles. The van der Waals surface area contributed by atoms with Gasteiger partial charge < -0.3 is 10.1 Å². The molecule has 106 valence electrons. The van der Waals surface area contributed by atoms with Gasteiger partial charge in [-0.1, -0.05) is 0 Å². The van der Waals surface area contributed by atoms with E-state index in [2.05, 4.69) is 27.9 Å². The second-order valence-corrected chi connectivity index (χ2v) is 5.64. The van der Waals surface area contributed by atoms with E-state index < -0.39 is 6.10 Å². The fraction of sp³-hybridized carbons (Fsp3) is 0.125. The molecule has 0 aromatic heterocycles. The van der Waals surface area contributed by atoms with E-state index in [0.717, 1.165) is 9.26 Å². The molecule has 0 heterocycles. The Labute approximate surface area is 136 Å². The van der Waals surface area contributed by atoms with E-state index in [-0.39, 0.29) is 5.91 Å². The van der Waals surface area contributed by atoms with E-state index in [9.17, 15) is 4.79 Å². The average Bonchev–Trinajstić information content (AvgIpc) is 2.50. The molecular weight excluding hydrogens is 379 g/mol. The van der Waals surface area contributed by atoms with Crippen molar-refractivity contribution in [1.82, 2.24) is 0 Å². The molecular formula is C16H13IN2O2. The average molecular weight is 392 g/mol. The van der Waals surface area contributed by atoms with Gasteiger partial charge >= 0.3 is 0 Å². The number of anilines is 1. The Balaban J connectivity index is 1.95. The van der Waals surface area contributed by atoms with E-state index in [1.807, 2.05) is 30.3 Å². The lowest BCUT2D eigenvalue weighted by atomic mass is 10.2. The number of amides is 1. The highest BCUT2D eigenvalue weighted by Gasteiger charge is 2.14. The van der Waals surface area contributed by atoms with Crippen LogP contribution in [0.3, 0.4) is 0 Å². The zero-order chi connectivity index (χ0) is 15.2. The minimum atomic E-state index is -0.628. The van der Waals surface area contributed by atoms with Crippen LogP contribution in [0, 0.1) is 14.9 Å². The van der Waals surface area contributed by atoms with Crippen LogP contribution in [-0.4, -0.2) is 12.0 Å². The number of nitriles is 1. The zero-order valence-electron chi connectivity index (χ0n) is 11.3. The van der Waals surface area contributed by atoms with Gasteiger partial charge in [0.1, 0.15) is 5.75 Å². The van der Waals surface area contributed by atoms with Crippen LogP contribution in [0.5, 0.6) is 5.75 Å². The summed E-state index contributed by atoms with van der Waals surface area (Å²) >= 11 is 2.20. The van der Waals surface area contributed by atoms with Gasteiger partial charge in [0.25, 0.3) is 5.91 Å². The van der Waals surface area contributed by atoms with Crippen LogP contribution in [0.4, 0.5) is 5.69 Å². The van der Waals surface area contributed by atoms with Crippen molar-refractivity contribution in [3.05, 3.63) is 57.7 Å². The quantitative estimate of drug-likeness (QED) is 0.810. The highest BCUT2D eigenvalue weighted by atomic mass is 127. The molecule has 0 aliphatic carbocycles. The first-order valence-electron chi connectivity index (χ1n) is 6.32. The van der Waals surface area contributed by atoms with Gasteiger partial charge in [0, 0.05) is 9.26 Å². The van der Waals surface area contributed by atoms with E-state index in [1.165, 1.54) is 0 Å². The Kier molecular flexibility index (Phi) is 5.17. The summed E-state index contributed by atoms with van der Waals surface area (Å²) < 4.78 is 6.65. The maximum Gasteiger partial charge on any atom is 0.265 e. The summed E-state index contributed by atoms with van der Waals surface area (Å²) in [4.78, 5) is 12.0. The molecule has 5 heteroatoms. The fourth-order valence-corrected chi connectivity index (χ4v) is 2.00. The Bertz CT molecular complexity index is 660. The first-order chi connectivity index (χ1) is 10.1. The molecule has 0 bridgehead atoms. The third-order valence-corrected chi connectivity index (χ3v) is 3.50. The van der Waals surface area contributed by atoms with Crippen LogP contribution >= 0.6 is 22.6 Å². The summed E-state index contributed by atoms with van der Waals surface area (Å²) in [6.07, 6.45) is -0.628. The number of hydrogen-bond donors (Lipinski definition) is 1. The number of carbonyl (C=O) groups excluding carboxylic acids is 1. The third-order valence-electron chi connectivity index (χ3n) is 2.78. The van der Waals surface area contributed by atoms with Crippen LogP contribution in [0.15, 0.2) is 48.5 Å². The molecule has 1 atom stereocenters. The molecule has 1 N–H and O–H groups in total. The van der Waals surface area contributed by atoms with Crippen molar-refractivity contribution in [3.63, 3.8) is 0 Å². The van der Waals surface area contributed by atoms with Gasteiger partial charge in [-0.2, -0.15) is 5.26 Å². The molecule has 2 rings (SSSR count). The van der Waals surface area contributed by atoms with Crippen molar-refractivity contribution < 1.29 is 9.53 Å². The Morgan fingerprint density at radius 1 is 1.19 bits per heavy atom. The van der Waals surface area contributed by atoms with Gasteiger partial charge in [0.15, 0.2) is 6.10 Å². The lowest BCUT2D eigenvalue weighted by Gasteiger charge is -2.14. The Hall–Kier alpha value is -2.07. The largest absolute Gasteiger partial charge is 0.481 e. The van der Waals surface area contributed by atoms with Gasteiger partial charge in [-0.15, -0.1) is 0 Å². The summed E-state index contributed by atoms with van der Waals surface area (Å²) in [5, 5.41) is 11.5. The second kappa shape index (κ2) is 7.09. The van der Waals surface area contributed by atoms with Crippen LogP contribution < -0.4 is 10.1 Å². The highest BCUT2D eigenvalue weighted by Crippen LogP contribution is 2.15. The van der Waals surface area contributed by atoms with Crippen molar-refractivity contribution in [2.75, 3.05) is 5.32 Å². The Morgan fingerprint density at radius 3 is 2.38 bits per heavy atom. The highest BCUT2D eigenvalue weighted by molar-refractivity contribution is 14.1. The van der Waals surface area contributed by atoms with Crippen LogP contribution in [-0.2, 0) is 4.79 Å². The summed E-state index contributed by atoms with van der Waals surface area (Å²) in [6.45, 7) is 1.68.